The summed E-state index contributed by atoms with van der Waals surface area (Å²) in [7, 11) is -0.818. The van der Waals surface area contributed by atoms with Gasteiger partial charge in [-0.2, -0.15) is 0 Å². The standard InChI is InChI=1S/C17H17N3O5S2/c1-11-8-16(19-25-11)18-17(21)15-9-14(10-26-15)27(22,23)20(2)12-4-6-13(24-3)7-5-12/h4-10H,1-3H3,(H,18,19,21). The van der Waals surface area contributed by atoms with Crippen LogP contribution in [-0.4, -0.2) is 33.6 Å². The molecule has 10 heteroatoms. The molecule has 2 heterocycles. The molecule has 0 unspecified atom stereocenters. The van der Waals surface area contributed by atoms with Gasteiger partial charge in [0.2, 0.25) is 0 Å². The lowest BCUT2D eigenvalue weighted by atomic mass is 10.3. The maximum absolute atomic E-state index is 12.8. The molecule has 0 saturated heterocycles. The molecular weight excluding hydrogens is 390 g/mol. The van der Waals surface area contributed by atoms with Gasteiger partial charge in [0, 0.05) is 18.5 Å². The molecule has 2 aromatic heterocycles. The minimum atomic E-state index is -3.80. The van der Waals surface area contributed by atoms with E-state index in [2.05, 4.69) is 10.5 Å². The topological polar surface area (TPSA) is 102 Å². The molecule has 1 amide bonds. The van der Waals surface area contributed by atoms with E-state index >= 15 is 0 Å². The number of amides is 1. The number of ether oxygens (including phenoxy) is 1. The summed E-state index contributed by atoms with van der Waals surface area (Å²) in [5.41, 5.74) is 0.478. The number of hydrogen-bond acceptors (Lipinski definition) is 7. The third-order valence-electron chi connectivity index (χ3n) is 3.76. The van der Waals surface area contributed by atoms with Gasteiger partial charge in [-0.3, -0.25) is 9.10 Å². The van der Waals surface area contributed by atoms with Gasteiger partial charge in [0.15, 0.2) is 5.82 Å². The maximum Gasteiger partial charge on any atom is 0.267 e. The summed E-state index contributed by atoms with van der Waals surface area (Å²) in [6.45, 7) is 1.70. The smallest absolute Gasteiger partial charge is 0.267 e. The quantitative estimate of drug-likeness (QED) is 0.674. The highest BCUT2D eigenvalue weighted by Gasteiger charge is 2.24. The van der Waals surface area contributed by atoms with E-state index in [1.165, 1.54) is 25.6 Å². The van der Waals surface area contributed by atoms with Gasteiger partial charge in [-0.15, -0.1) is 11.3 Å². The predicted molar refractivity (Wildman–Crippen MR) is 102 cm³/mol. The third kappa shape index (κ3) is 3.96. The molecule has 142 valence electrons. The molecule has 0 aliphatic rings. The van der Waals surface area contributed by atoms with Gasteiger partial charge in [-0.1, -0.05) is 5.16 Å². The van der Waals surface area contributed by atoms with Gasteiger partial charge in [0.05, 0.1) is 22.6 Å². The molecule has 0 bridgehead atoms. The SMILES string of the molecule is COc1ccc(N(C)S(=O)(=O)c2csc(C(=O)Nc3cc(C)on3)c2)cc1. The maximum atomic E-state index is 12.8. The summed E-state index contributed by atoms with van der Waals surface area (Å²) < 4.78 is 36.8. The van der Waals surface area contributed by atoms with Crippen molar-refractivity contribution in [1.82, 2.24) is 5.16 Å². The van der Waals surface area contributed by atoms with Gasteiger partial charge in [0.1, 0.15) is 11.5 Å². The molecule has 0 spiro atoms. The summed E-state index contributed by atoms with van der Waals surface area (Å²) >= 11 is 1.03. The molecule has 0 aliphatic carbocycles. The number of thiophene rings is 1. The van der Waals surface area contributed by atoms with Crippen LogP contribution < -0.4 is 14.4 Å². The van der Waals surface area contributed by atoms with Crippen molar-refractivity contribution in [3.05, 3.63) is 52.4 Å². The Morgan fingerprint density at radius 1 is 1.26 bits per heavy atom. The molecule has 0 radical (unpaired) electrons. The summed E-state index contributed by atoms with van der Waals surface area (Å²) in [5, 5.41) is 7.67. The lowest BCUT2D eigenvalue weighted by molar-refractivity contribution is 0.102. The van der Waals surface area contributed by atoms with Crippen molar-refractivity contribution in [2.45, 2.75) is 11.8 Å². The molecule has 8 nitrogen and oxygen atoms in total. The molecular formula is C17H17N3O5S2. The summed E-state index contributed by atoms with van der Waals surface area (Å²) in [6.07, 6.45) is 0. The van der Waals surface area contributed by atoms with Crippen molar-refractivity contribution < 1.29 is 22.5 Å². The van der Waals surface area contributed by atoms with Gasteiger partial charge in [-0.25, -0.2) is 8.42 Å². The number of methoxy groups -OCH3 is 1. The van der Waals surface area contributed by atoms with E-state index in [9.17, 15) is 13.2 Å². The molecule has 0 atom stereocenters. The Morgan fingerprint density at radius 3 is 2.56 bits per heavy atom. The Kier molecular flexibility index (Phi) is 5.19. The van der Waals surface area contributed by atoms with E-state index in [0.29, 0.717) is 17.2 Å². The lowest BCUT2D eigenvalue weighted by Crippen LogP contribution is -2.26. The van der Waals surface area contributed by atoms with E-state index in [1.807, 2.05) is 0 Å². The number of aryl methyl sites for hydroxylation is 1. The zero-order chi connectivity index (χ0) is 19.6. The number of carbonyl (C=O) groups is 1. The van der Waals surface area contributed by atoms with Gasteiger partial charge >= 0.3 is 0 Å². The molecule has 0 aliphatic heterocycles. The van der Waals surface area contributed by atoms with Crippen molar-refractivity contribution in [3.63, 3.8) is 0 Å². The second-order valence-electron chi connectivity index (χ2n) is 5.59. The second-order valence-corrected chi connectivity index (χ2v) is 8.47. The highest BCUT2D eigenvalue weighted by atomic mass is 32.2. The van der Waals surface area contributed by atoms with E-state index in [4.69, 9.17) is 9.26 Å². The molecule has 0 saturated carbocycles. The van der Waals surface area contributed by atoms with Gasteiger partial charge in [0.25, 0.3) is 15.9 Å². The number of carbonyl (C=O) groups excluding carboxylic acids is 1. The summed E-state index contributed by atoms with van der Waals surface area (Å²) in [6, 6.07) is 9.54. The molecule has 0 fully saturated rings. The Balaban J connectivity index is 1.79. The minimum absolute atomic E-state index is 0.0345. The fraction of sp³-hybridized carbons (Fsp3) is 0.176. The van der Waals surface area contributed by atoms with Crippen LogP contribution in [0.3, 0.4) is 0 Å². The number of hydrogen-bond donors (Lipinski definition) is 1. The van der Waals surface area contributed by atoms with Crippen LogP contribution >= 0.6 is 11.3 Å². The molecule has 27 heavy (non-hydrogen) atoms. The Hall–Kier alpha value is -2.85. The monoisotopic (exact) mass is 407 g/mol. The summed E-state index contributed by atoms with van der Waals surface area (Å²) in [5.74, 6) is 0.996. The van der Waals surface area contributed by atoms with Crippen LogP contribution in [0.25, 0.3) is 0 Å². The van der Waals surface area contributed by atoms with Crippen LogP contribution in [0.1, 0.15) is 15.4 Å². The zero-order valence-electron chi connectivity index (χ0n) is 14.8. The van der Waals surface area contributed by atoms with Crippen LogP contribution in [0.4, 0.5) is 11.5 Å². The van der Waals surface area contributed by atoms with Crippen LogP contribution in [0.15, 0.2) is 51.2 Å². The zero-order valence-corrected chi connectivity index (χ0v) is 16.4. The number of nitrogens with zero attached hydrogens (tertiary/aromatic N) is 2. The van der Waals surface area contributed by atoms with Gasteiger partial charge in [-0.05, 0) is 37.3 Å². The fourth-order valence-corrected chi connectivity index (χ4v) is 4.62. The van der Waals surface area contributed by atoms with Crippen LogP contribution in [0.5, 0.6) is 5.75 Å². The molecule has 3 rings (SSSR count). The van der Waals surface area contributed by atoms with Crippen molar-refractivity contribution in [3.8, 4) is 5.75 Å². The van der Waals surface area contributed by atoms with Gasteiger partial charge < -0.3 is 14.6 Å². The fourth-order valence-electron chi connectivity index (χ4n) is 2.27. The number of anilines is 2. The Morgan fingerprint density at radius 2 is 1.96 bits per heavy atom. The highest BCUT2D eigenvalue weighted by molar-refractivity contribution is 7.93. The first-order chi connectivity index (χ1) is 12.8. The third-order valence-corrected chi connectivity index (χ3v) is 6.60. The minimum Gasteiger partial charge on any atom is -0.497 e. The van der Waals surface area contributed by atoms with Crippen LogP contribution in [0, 0.1) is 6.92 Å². The van der Waals surface area contributed by atoms with E-state index in [-0.39, 0.29) is 15.6 Å². The first-order valence-electron chi connectivity index (χ1n) is 7.77. The van der Waals surface area contributed by atoms with Crippen LogP contribution in [-0.2, 0) is 10.0 Å². The number of benzene rings is 1. The first kappa shape index (κ1) is 18.9. The van der Waals surface area contributed by atoms with E-state index in [0.717, 1.165) is 15.6 Å². The second kappa shape index (κ2) is 7.41. The average molecular weight is 407 g/mol. The van der Waals surface area contributed by atoms with Crippen molar-refractivity contribution in [2.75, 3.05) is 23.8 Å². The molecule has 3 aromatic rings. The van der Waals surface area contributed by atoms with Crippen molar-refractivity contribution in [1.29, 1.82) is 0 Å². The van der Waals surface area contributed by atoms with Crippen LogP contribution in [0.2, 0.25) is 0 Å². The lowest BCUT2D eigenvalue weighted by Gasteiger charge is -2.18. The normalized spacial score (nSPS) is 11.2. The van der Waals surface area contributed by atoms with E-state index in [1.54, 1.807) is 37.3 Å². The summed E-state index contributed by atoms with van der Waals surface area (Å²) in [4.78, 5) is 12.6. The van der Waals surface area contributed by atoms with E-state index < -0.39 is 15.9 Å². The number of rotatable bonds is 6. The first-order valence-corrected chi connectivity index (χ1v) is 10.1. The average Bonchev–Trinajstić information content (AvgIpc) is 3.31. The number of sulfonamides is 1. The highest BCUT2D eigenvalue weighted by Crippen LogP contribution is 2.27. The van der Waals surface area contributed by atoms with Crippen molar-refractivity contribution in [2.24, 2.45) is 0 Å². The molecule has 1 aromatic carbocycles. The Bertz CT molecular complexity index is 1050. The number of nitrogens with one attached hydrogen (secondary N) is 1. The predicted octanol–water partition coefficient (Wildman–Crippen LogP) is 3.13. The van der Waals surface area contributed by atoms with Crippen molar-refractivity contribution >= 4 is 38.8 Å². The largest absolute Gasteiger partial charge is 0.497 e. The number of aromatic nitrogens is 1. The Labute approximate surface area is 160 Å². The molecule has 1 N–H and O–H groups in total.